The molecule has 0 atom stereocenters. The molecule has 2 aromatic carbocycles. The van der Waals surface area contributed by atoms with Crippen LogP contribution in [0.4, 0.5) is 9.52 Å². The van der Waals surface area contributed by atoms with E-state index in [0.717, 1.165) is 10.1 Å². The van der Waals surface area contributed by atoms with Crippen molar-refractivity contribution in [3.8, 4) is 11.3 Å². The van der Waals surface area contributed by atoms with Crippen molar-refractivity contribution in [1.82, 2.24) is 14.8 Å². The Hall–Kier alpha value is -3.39. The molecule has 0 bridgehead atoms. The van der Waals surface area contributed by atoms with Gasteiger partial charge in [0, 0.05) is 16.3 Å². The molecule has 0 unspecified atom stereocenters. The number of hydrogen-bond donors (Lipinski definition) is 1. The summed E-state index contributed by atoms with van der Waals surface area (Å²) in [6.07, 6.45) is 1.55. The number of benzene rings is 2. The van der Waals surface area contributed by atoms with E-state index in [9.17, 15) is 14.0 Å². The van der Waals surface area contributed by atoms with Crippen molar-refractivity contribution in [2.24, 2.45) is 0 Å². The highest BCUT2D eigenvalue weighted by Gasteiger charge is 2.11. The van der Waals surface area contributed by atoms with E-state index in [-0.39, 0.29) is 17.9 Å². The molecule has 27 heavy (non-hydrogen) atoms. The van der Waals surface area contributed by atoms with Gasteiger partial charge in [-0.25, -0.2) is 14.1 Å². The Morgan fingerprint density at radius 3 is 2.89 bits per heavy atom. The maximum Gasteiger partial charge on any atom is 0.275 e. The highest BCUT2D eigenvalue weighted by molar-refractivity contribution is 7.14. The third-order valence-corrected chi connectivity index (χ3v) is 4.68. The highest BCUT2D eigenvalue weighted by Crippen LogP contribution is 2.25. The number of thiazole rings is 1. The molecule has 6 nitrogen and oxygen atoms in total. The summed E-state index contributed by atoms with van der Waals surface area (Å²) >= 11 is 1.22. The molecule has 0 aliphatic carbocycles. The van der Waals surface area contributed by atoms with Crippen LogP contribution in [0.2, 0.25) is 0 Å². The zero-order valence-corrected chi connectivity index (χ0v) is 14.7. The van der Waals surface area contributed by atoms with Gasteiger partial charge in [-0.1, -0.05) is 30.3 Å². The number of carbonyl (C=O) groups is 1. The monoisotopic (exact) mass is 380 g/mol. The lowest BCUT2D eigenvalue weighted by Crippen LogP contribution is -2.29. The van der Waals surface area contributed by atoms with Crippen LogP contribution < -0.4 is 10.9 Å². The molecule has 0 aliphatic heterocycles. The summed E-state index contributed by atoms with van der Waals surface area (Å²) in [7, 11) is 0. The lowest BCUT2D eigenvalue weighted by Gasteiger charge is -2.05. The van der Waals surface area contributed by atoms with Crippen molar-refractivity contribution in [1.29, 1.82) is 0 Å². The zero-order chi connectivity index (χ0) is 18.8. The van der Waals surface area contributed by atoms with Gasteiger partial charge in [-0.05, 0) is 18.2 Å². The first-order chi connectivity index (χ1) is 13.1. The lowest BCUT2D eigenvalue weighted by molar-refractivity contribution is -0.117. The summed E-state index contributed by atoms with van der Waals surface area (Å²) < 4.78 is 14.4. The average molecular weight is 380 g/mol. The third-order valence-electron chi connectivity index (χ3n) is 3.93. The Balaban J connectivity index is 1.50. The molecule has 0 fully saturated rings. The summed E-state index contributed by atoms with van der Waals surface area (Å²) in [5, 5.41) is 10.0. The lowest BCUT2D eigenvalue weighted by atomic mass is 10.2. The quantitative estimate of drug-likeness (QED) is 0.589. The number of carbonyl (C=O) groups excluding carboxylic acids is 1. The predicted molar refractivity (Wildman–Crippen MR) is 102 cm³/mol. The summed E-state index contributed by atoms with van der Waals surface area (Å²) in [4.78, 5) is 29.0. The van der Waals surface area contributed by atoms with E-state index in [4.69, 9.17) is 0 Å². The molecule has 0 aliphatic rings. The second-order valence-corrected chi connectivity index (χ2v) is 6.65. The molecule has 0 saturated carbocycles. The molecule has 0 radical (unpaired) electrons. The van der Waals surface area contributed by atoms with Crippen LogP contribution in [0, 0.1) is 5.82 Å². The second kappa shape index (κ2) is 7.08. The highest BCUT2D eigenvalue weighted by atomic mass is 32.1. The number of anilines is 1. The molecule has 0 spiro atoms. The standard InChI is InChI=1S/C19H13FN4O2S/c20-14-6-3-5-12(8-14)16-11-27-19(22-16)23-17(25)10-24-18(26)15-7-2-1-4-13(15)9-21-24/h1-9,11H,10H2,(H,22,23,25). The maximum absolute atomic E-state index is 13.3. The average Bonchev–Trinajstić information content (AvgIpc) is 3.13. The van der Waals surface area contributed by atoms with Crippen LogP contribution in [-0.4, -0.2) is 20.7 Å². The van der Waals surface area contributed by atoms with Crippen LogP contribution >= 0.6 is 11.3 Å². The Bertz CT molecular complexity index is 1200. The topological polar surface area (TPSA) is 76.9 Å². The van der Waals surface area contributed by atoms with E-state index in [1.54, 1.807) is 41.9 Å². The molecular formula is C19H13FN4O2S. The fourth-order valence-electron chi connectivity index (χ4n) is 2.65. The first-order valence-electron chi connectivity index (χ1n) is 8.06. The van der Waals surface area contributed by atoms with Crippen molar-refractivity contribution in [3.63, 3.8) is 0 Å². The Kier molecular flexibility index (Phi) is 4.47. The molecule has 8 heteroatoms. The van der Waals surface area contributed by atoms with Crippen molar-refractivity contribution < 1.29 is 9.18 Å². The molecule has 2 heterocycles. The molecule has 134 valence electrons. The van der Waals surface area contributed by atoms with Gasteiger partial charge >= 0.3 is 0 Å². The van der Waals surface area contributed by atoms with Gasteiger partial charge < -0.3 is 5.32 Å². The minimum Gasteiger partial charge on any atom is -0.300 e. The number of halogens is 1. The van der Waals surface area contributed by atoms with Gasteiger partial charge in [0.25, 0.3) is 5.56 Å². The van der Waals surface area contributed by atoms with E-state index < -0.39 is 5.91 Å². The van der Waals surface area contributed by atoms with Crippen LogP contribution in [0.3, 0.4) is 0 Å². The minimum atomic E-state index is -0.417. The first kappa shape index (κ1) is 17.0. The largest absolute Gasteiger partial charge is 0.300 e. The molecule has 4 rings (SSSR count). The van der Waals surface area contributed by atoms with Crippen molar-refractivity contribution in [2.45, 2.75) is 6.54 Å². The SMILES string of the molecule is O=C(Cn1ncc2ccccc2c1=O)Nc1nc(-c2cccc(F)c2)cs1. The number of nitrogens with zero attached hydrogens (tertiary/aromatic N) is 3. The third kappa shape index (κ3) is 3.61. The van der Waals surface area contributed by atoms with Crippen molar-refractivity contribution in [3.05, 3.63) is 76.3 Å². The fourth-order valence-corrected chi connectivity index (χ4v) is 3.38. The van der Waals surface area contributed by atoms with Crippen LogP contribution in [0.15, 0.2) is 64.9 Å². The minimum absolute atomic E-state index is 0.224. The van der Waals surface area contributed by atoms with Crippen LogP contribution in [-0.2, 0) is 11.3 Å². The summed E-state index contributed by atoms with van der Waals surface area (Å²) in [6.45, 7) is -0.224. The fraction of sp³-hybridized carbons (Fsp3) is 0.0526. The molecule has 1 amide bonds. The van der Waals surface area contributed by atoms with Gasteiger partial charge in [0.15, 0.2) is 5.13 Å². The van der Waals surface area contributed by atoms with E-state index in [1.165, 1.54) is 23.5 Å². The second-order valence-electron chi connectivity index (χ2n) is 5.79. The number of amides is 1. The van der Waals surface area contributed by atoms with Gasteiger partial charge in [0.2, 0.25) is 5.91 Å². The van der Waals surface area contributed by atoms with Crippen LogP contribution in [0.1, 0.15) is 0 Å². The van der Waals surface area contributed by atoms with E-state index in [1.807, 2.05) is 6.07 Å². The smallest absolute Gasteiger partial charge is 0.275 e. The summed E-state index contributed by atoms with van der Waals surface area (Å²) in [5.74, 6) is -0.770. The van der Waals surface area contributed by atoms with Gasteiger partial charge in [0.05, 0.1) is 17.3 Å². The van der Waals surface area contributed by atoms with Gasteiger partial charge in [-0.2, -0.15) is 5.10 Å². The van der Waals surface area contributed by atoms with E-state index in [0.29, 0.717) is 21.8 Å². The molecular weight excluding hydrogens is 367 g/mol. The predicted octanol–water partition coefficient (Wildman–Crippen LogP) is 3.30. The van der Waals surface area contributed by atoms with Gasteiger partial charge in [0.1, 0.15) is 12.4 Å². The molecule has 1 N–H and O–H groups in total. The summed E-state index contributed by atoms with van der Waals surface area (Å²) in [5.41, 5.74) is 0.859. The summed E-state index contributed by atoms with van der Waals surface area (Å²) in [6, 6.07) is 13.1. The van der Waals surface area contributed by atoms with E-state index >= 15 is 0 Å². The Morgan fingerprint density at radius 1 is 1.19 bits per heavy atom. The zero-order valence-electron chi connectivity index (χ0n) is 13.9. The first-order valence-corrected chi connectivity index (χ1v) is 8.94. The van der Waals surface area contributed by atoms with E-state index in [2.05, 4.69) is 15.4 Å². The molecule has 2 aromatic heterocycles. The van der Waals surface area contributed by atoms with Gasteiger partial charge in [-0.15, -0.1) is 11.3 Å². The molecule has 0 saturated heterocycles. The number of hydrogen-bond acceptors (Lipinski definition) is 5. The van der Waals surface area contributed by atoms with Gasteiger partial charge in [-0.3, -0.25) is 9.59 Å². The van der Waals surface area contributed by atoms with Crippen LogP contribution in [0.25, 0.3) is 22.0 Å². The van der Waals surface area contributed by atoms with Crippen LogP contribution in [0.5, 0.6) is 0 Å². The number of nitrogens with one attached hydrogen (secondary N) is 1. The number of aromatic nitrogens is 3. The van der Waals surface area contributed by atoms with Crippen molar-refractivity contribution in [2.75, 3.05) is 5.32 Å². The normalized spacial score (nSPS) is 10.9. The maximum atomic E-state index is 13.3. The molecule has 4 aromatic rings. The van der Waals surface area contributed by atoms with Crippen molar-refractivity contribution >= 4 is 33.1 Å². The Labute approximate surface area is 156 Å². The number of fused-ring (bicyclic) bond motifs is 1. The number of rotatable bonds is 4. The Morgan fingerprint density at radius 2 is 2.04 bits per heavy atom.